The lowest BCUT2D eigenvalue weighted by atomic mass is 10.1. The molecule has 0 saturated carbocycles. The Morgan fingerprint density at radius 2 is 2.06 bits per heavy atom. The molecule has 17 heavy (non-hydrogen) atoms. The Labute approximate surface area is 106 Å². The average molecular weight is 235 g/mol. The maximum absolute atomic E-state index is 12.0. The van der Waals surface area contributed by atoms with Crippen LogP contribution in [0.25, 0.3) is 0 Å². The highest BCUT2D eigenvalue weighted by molar-refractivity contribution is 6.00. The Kier molecular flexibility index (Phi) is 7.27. The maximum atomic E-state index is 12.0. The van der Waals surface area contributed by atoms with Crippen LogP contribution in [-0.4, -0.2) is 23.4 Å². The van der Waals surface area contributed by atoms with Crippen LogP contribution < -0.4 is 0 Å². The molecule has 2 nitrogen and oxygen atoms in total. The van der Waals surface area contributed by atoms with Gasteiger partial charge in [0.1, 0.15) is 0 Å². The minimum atomic E-state index is 0.136. The first-order chi connectivity index (χ1) is 8.15. The van der Waals surface area contributed by atoms with Gasteiger partial charge in [-0.05, 0) is 25.8 Å². The van der Waals surface area contributed by atoms with Crippen LogP contribution in [0.3, 0.4) is 0 Å². The van der Waals surface area contributed by atoms with Crippen LogP contribution in [-0.2, 0) is 4.79 Å². The van der Waals surface area contributed by atoms with Crippen LogP contribution in [0.5, 0.6) is 0 Å². The fourth-order valence-corrected chi connectivity index (χ4v) is 1.73. The van der Waals surface area contributed by atoms with E-state index in [-0.39, 0.29) is 5.91 Å². The van der Waals surface area contributed by atoms with Crippen molar-refractivity contribution in [3.05, 3.63) is 36.0 Å². The Hall–Kier alpha value is -1.31. The van der Waals surface area contributed by atoms with Gasteiger partial charge < -0.3 is 4.90 Å². The lowest BCUT2D eigenvalue weighted by molar-refractivity contribution is -0.126. The van der Waals surface area contributed by atoms with E-state index in [1.165, 1.54) is 0 Å². The third-order valence-corrected chi connectivity index (χ3v) is 2.88. The van der Waals surface area contributed by atoms with Gasteiger partial charge in [0.15, 0.2) is 0 Å². The summed E-state index contributed by atoms with van der Waals surface area (Å²) in [7, 11) is 0. The van der Waals surface area contributed by atoms with E-state index in [1.807, 2.05) is 37.8 Å². The molecule has 0 aromatic heterocycles. The van der Waals surface area contributed by atoms with Crippen molar-refractivity contribution in [1.29, 1.82) is 0 Å². The van der Waals surface area contributed by atoms with Gasteiger partial charge in [-0.1, -0.05) is 45.6 Å². The van der Waals surface area contributed by atoms with Crippen LogP contribution in [0.1, 0.15) is 41.0 Å². The number of rotatable bonds is 4. The number of allylic oxidation sites excluding steroid dienone is 1. The summed E-state index contributed by atoms with van der Waals surface area (Å²) in [5.41, 5.74) is 1.84. The highest BCUT2D eigenvalue weighted by atomic mass is 16.2. The highest BCUT2D eigenvalue weighted by Gasteiger charge is 2.29. The van der Waals surface area contributed by atoms with E-state index in [0.29, 0.717) is 12.6 Å². The Balaban J connectivity index is 0.00000121. The van der Waals surface area contributed by atoms with E-state index in [9.17, 15) is 4.79 Å². The summed E-state index contributed by atoms with van der Waals surface area (Å²) in [5, 5.41) is 0. The lowest BCUT2D eigenvalue weighted by Crippen LogP contribution is -2.35. The number of carbonyl (C=O) groups excluding carboxylic acids is 1. The van der Waals surface area contributed by atoms with Crippen molar-refractivity contribution >= 4 is 5.91 Å². The Morgan fingerprint density at radius 1 is 1.47 bits per heavy atom. The van der Waals surface area contributed by atoms with Gasteiger partial charge in [0, 0.05) is 18.2 Å². The fourth-order valence-electron chi connectivity index (χ4n) is 1.73. The zero-order valence-corrected chi connectivity index (χ0v) is 11.8. The van der Waals surface area contributed by atoms with Crippen LogP contribution in [0, 0.1) is 0 Å². The summed E-state index contributed by atoms with van der Waals surface area (Å²) in [4.78, 5) is 13.9. The molecule has 0 fully saturated rings. The molecule has 1 heterocycles. The van der Waals surface area contributed by atoms with Gasteiger partial charge in [-0.2, -0.15) is 0 Å². The van der Waals surface area contributed by atoms with Crippen molar-refractivity contribution in [3.63, 3.8) is 0 Å². The van der Waals surface area contributed by atoms with E-state index in [0.717, 1.165) is 17.6 Å². The molecule has 1 amide bonds. The van der Waals surface area contributed by atoms with Crippen LogP contribution in [0.4, 0.5) is 0 Å². The van der Waals surface area contributed by atoms with Crippen molar-refractivity contribution < 1.29 is 4.79 Å². The van der Waals surface area contributed by atoms with Gasteiger partial charge in [-0.15, -0.1) is 0 Å². The van der Waals surface area contributed by atoms with E-state index >= 15 is 0 Å². The summed E-state index contributed by atoms with van der Waals surface area (Å²) in [6, 6.07) is 0.301. The molecule has 0 aromatic rings. The van der Waals surface area contributed by atoms with Gasteiger partial charge >= 0.3 is 0 Å². The van der Waals surface area contributed by atoms with E-state index in [1.54, 1.807) is 6.08 Å². The maximum Gasteiger partial charge on any atom is 0.254 e. The van der Waals surface area contributed by atoms with Gasteiger partial charge in [0.05, 0.1) is 0 Å². The highest BCUT2D eigenvalue weighted by Crippen LogP contribution is 2.23. The summed E-state index contributed by atoms with van der Waals surface area (Å²) in [6.45, 7) is 14.6. The molecule has 0 N–H and O–H groups in total. The van der Waals surface area contributed by atoms with Crippen molar-refractivity contribution in [1.82, 2.24) is 4.90 Å². The quantitative estimate of drug-likeness (QED) is 0.727. The third-order valence-electron chi connectivity index (χ3n) is 2.88. The van der Waals surface area contributed by atoms with E-state index in [2.05, 4.69) is 20.4 Å². The monoisotopic (exact) mass is 235 g/mol. The number of hydrogen-bond donors (Lipinski definition) is 0. The van der Waals surface area contributed by atoms with Gasteiger partial charge in [0.2, 0.25) is 0 Å². The van der Waals surface area contributed by atoms with Crippen LogP contribution in [0.2, 0.25) is 0 Å². The lowest BCUT2D eigenvalue weighted by Gasteiger charge is -2.23. The van der Waals surface area contributed by atoms with Gasteiger partial charge in [-0.3, -0.25) is 4.79 Å². The summed E-state index contributed by atoms with van der Waals surface area (Å²) in [5.74, 6) is 0.136. The molecule has 96 valence electrons. The normalized spacial score (nSPS) is 17.2. The second-order valence-corrected chi connectivity index (χ2v) is 3.83. The molecule has 2 heteroatoms. The predicted molar refractivity (Wildman–Crippen MR) is 74.9 cm³/mol. The Morgan fingerprint density at radius 3 is 2.47 bits per heavy atom. The number of carbonyl (C=O) groups is 1. The van der Waals surface area contributed by atoms with Crippen LogP contribution >= 0.6 is 0 Å². The molecule has 1 aliphatic heterocycles. The first-order valence-electron chi connectivity index (χ1n) is 6.44. The molecule has 1 rings (SSSR count). The SMILES string of the molecule is C=CC1=C(/C=C\C)C(=O)N(C(C)CC)C1.CC. The first kappa shape index (κ1) is 15.7. The number of hydrogen-bond acceptors (Lipinski definition) is 1. The second-order valence-electron chi connectivity index (χ2n) is 3.83. The summed E-state index contributed by atoms with van der Waals surface area (Å²) < 4.78 is 0. The predicted octanol–water partition coefficient (Wildman–Crippen LogP) is 3.71. The fraction of sp³-hybridized carbons (Fsp3) is 0.533. The third kappa shape index (κ3) is 3.58. The van der Waals surface area contributed by atoms with Crippen LogP contribution in [0.15, 0.2) is 36.0 Å². The average Bonchev–Trinajstić information content (AvgIpc) is 2.69. The van der Waals surface area contributed by atoms with Gasteiger partial charge in [0.25, 0.3) is 5.91 Å². The van der Waals surface area contributed by atoms with Crippen molar-refractivity contribution in [2.75, 3.05) is 6.54 Å². The van der Waals surface area contributed by atoms with Crippen molar-refractivity contribution in [2.24, 2.45) is 0 Å². The molecule has 0 aromatic carbocycles. The van der Waals surface area contributed by atoms with E-state index in [4.69, 9.17) is 0 Å². The molecular weight excluding hydrogens is 210 g/mol. The molecular formula is C15H25NO. The standard InChI is InChI=1S/C13H19NO.C2H6/c1-5-8-12-11(7-3)9-14(13(12)15)10(4)6-2;1-2/h5,7-8,10H,3,6,9H2,1-2,4H3;1-2H3/b8-5-;. The molecule has 1 atom stereocenters. The zero-order chi connectivity index (χ0) is 13.4. The topological polar surface area (TPSA) is 20.3 Å². The second kappa shape index (κ2) is 7.88. The number of nitrogens with zero attached hydrogens (tertiary/aromatic N) is 1. The largest absolute Gasteiger partial charge is 0.332 e. The summed E-state index contributed by atoms with van der Waals surface area (Å²) in [6.07, 6.45) is 6.55. The Bertz CT molecular complexity index is 326. The first-order valence-corrected chi connectivity index (χ1v) is 6.44. The molecule has 1 aliphatic rings. The molecule has 1 unspecified atom stereocenters. The molecule has 0 bridgehead atoms. The minimum absolute atomic E-state index is 0.136. The molecule has 0 spiro atoms. The van der Waals surface area contributed by atoms with E-state index < -0.39 is 0 Å². The zero-order valence-electron chi connectivity index (χ0n) is 11.8. The molecule has 0 saturated heterocycles. The van der Waals surface area contributed by atoms with Crippen molar-refractivity contribution in [2.45, 2.75) is 47.1 Å². The smallest absolute Gasteiger partial charge is 0.254 e. The van der Waals surface area contributed by atoms with Gasteiger partial charge in [-0.25, -0.2) is 0 Å². The minimum Gasteiger partial charge on any atom is -0.332 e. The summed E-state index contributed by atoms with van der Waals surface area (Å²) >= 11 is 0. The number of amides is 1. The molecule has 0 aliphatic carbocycles. The molecule has 0 radical (unpaired) electrons. The van der Waals surface area contributed by atoms with Crippen molar-refractivity contribution in [3.8, 4) is 0 Å².